The van der Waals surface area contributed by atoms with E-state index in [9.17, 15) is 0 Å². The van der Waals surface area contributed by atoms with Gasteiger partial charge in [0.05, 0.1) is 0 Å². The average Bonchev–Trinajstić information content (AvgIpc) is 2.34. The summed E-state index contributed by atoms with van der Waals surface area (Å²) in [5.41, 5.74) is 3.43. The third-order valence-electron chi connectivity index (χ3n) is 2.90. The third-order valence-corrected chi connectivity index (χ3v) is 2.90. The second-order valence-corrected chi connectivity index (χ2v) is 4.39. The number of aryl methyl sites for hydroxylation is 1. The normalized spacial score (nSPS) is 12.3. The van der Waals surface area contributed by atoms with Crippen molar-refractivity contribution < 1.29 is 0 Å². The van der Waals surface area contributed by atoms with E-state index < -0.39 is 0 Å². The number of hydrogen-bond donors (Lipinski definition) is 2. The molecular formula is C12H23N5. The Morgan fingerprint density at radius 1 is 1.41 bits per heavy atom. The standard InChI is InChI=1S/C12H23N5/c1-5-9(3)8-17(6-2)11-7-10(4)14-12(15-11)16-13/h7,9H,5-6,8,13H2,1-4H3,(H,14,15,16). The molecule has 0 saturated heterocycles. The van der Waals surface area contributed by atoms with Crippen LogP contribution in [0.4, 0.5) is 11.8 Å². The van der Waals surface area contributed by atoms with Gasteiger partial charge in [0.25, 0.3) is 0 Å². The largest absolute Gasteiger partial charge is 0.356 e. The molecule has 1 rings (SSSR count). The molecule has 0 spiro atoms. The molecule has 0 fully saturated rings. The molecular weight excluding hydrogens is 214 g/mol. The summed E-state index contributed by atoms with van der Waals surface area (Å²) in [5, 5.41) is 0. The maximum absolute atomic E-state index is 5.36. The molecule has 0 radical (unpaired) electrons. The zero-order chi connectivity index (χ0) is 12.8. The highest BCUT2D eigenvalue weighted by molar-refractivity contribution is 5.44. The first kappa shape index (κ1) is 13.7. The maximum atomic E-state index is 5.36. The molecule has 0 amide bonds. The molecule has 0 saturated carbocycles. The number of hydrogen-bond acceptors (Lipinski definition) is 5. The topological polar surface area (TPSA) is 67.1 Å². The first-order valence-electron chi connectivity index (χ1n) is 6.17. The SMILES string of the molecule is CCC(C)CN(CC)c1cc(C)nc(NN)n1. The van der Waals surface area contributed by atoms with Gasteiger partial charge in [-0.1, -0.05) is 20.3 Å². The first-order valence-corrected chi connectivity index (χ1v) is 6.17. The van der Waals surface area contributed by atoms with Crippen molar-refractivity contribution in [2.75, 3.05) is 23.4 Å². The van der Waals surface area contributed by atoms with E-state index in [2.05, 4.69) is 41.1 Å². The van der Waals surface area contributed by atoms with Crippen molar-refractivity contribution in [1.29, 1.82) is 0 Å². The van der Waals surface area contributed by atoms with Crippen molar-refractivity contribution in [1.82, 2.24) is 9.97 Å². The lowest BCUT2D eigenvalue weighted by Crippen LogP contribution is -2.29. The van der Waals surface area contributed by atoms with E-state index in [1.165, 1.54) is 6.42 Å². The Morgan fingerprint density at radius 3 is 2.65 bits per heavy atom. The summed E-state index contributed by atoms with van der Waals surface area (Å²) in [6.45, 7) is 10.5. The van der Waals surface area contributed by atoms with Crippen molar-refractivity contribution in [2.24, 2.45) is 11.8 Å². The van der Waals surface area contributed by atoms with Gasteiger partial charge in [-0.3, -0.25) is 5.43 Å². The number of anilines is 2. The molecule has 0 aliphatic carbocycles. The number of hydrazine groups is 1. The Kier molecular flexibility index (Phi) is 5.15. The van der Waals surface area contributed by atoms with Crippen LogP contribution in [0.3, 0.4) is 0 Å². The van der Waals surface area contributed by atoms with Gasteiger partial charge in [0.2, 0.25) is 5.95 Å². The van der Waals surface area contributed by atoms with Crippen molar-refractivity contribution in [2.45, 2.75) is 34.1 Å². The van der Waals surface area contributed by atoms with Crippen molar-refractivity contribution in [3.8, 4) is 0 Å². The molecule has 0 aromatic carbocycles. The van der Waals surface area contributed by atoms with Crippen LogP contribution in [0.2, 0.25) is 0 Å². The van der Waals surface area contributed by atoms with Crippen LogP contribution in [0.5, 0.6) is 0 Å². The monoisotopic (exact) mass is 237 g/mol. The highest BCUT2D eigenvalue weighted by atomic mass is 15.3. The van der Waals surface area contributed by atoms with Crippen molar-refractivity contribution >= 4 is 11.8 Å². The first-order chi connectivity index (χ1) is 8.10. The Hall–Kier alpha value is -1.36. The van der Waals surface area contributed by atoms with E-state index in [4.69, 9.17) is 5.84 Å². The summed E-state index contributed by atoms with van der Waals surface area (Å²) in [6.07, 6.45) is 1.17. The predicted molar refractivity (Wildman–Crippen MR) is 71.9 cm³/mol. The molecule has 0 aliphatic heterocycles. The maximum Gasteiger partial charge on any atom is 0.239 e. The zero-order valence-corrected chi connectivity index (χ0v) is 11.2. The van der Waals surface area contributed by atoms with Crippen LogP contribution in [0.15, 0.2) is 6.07 Å². The van der Waals surface area contributed by atoms with Crippen LogP contribution >= 0.6 is 0 Å². The molecule has 0 aliphatic rings. The molecule has 0 bridgehead atoms. The Bertz CT molecular complexity index is 353. The van der Waals surface area contributed by atoms with Gasteiger partial charge in [0, 0.05) is 24.8 Å². The number of aromatic nitrogens is 2. The summed E-state index contributed by atoms with van der Waals surface area (Å²) < 4.78 is 0. The van der Waals surface area contributed by atoms with Crippen LogP contribution in [-0.2, 0) is 0 Å². The predicted octanol–water partition coefficient (Wildman–Crippen LogP) is 1.94. The molecule has 1 unspecified atom stereocenters. The summed E-state index contributed by atoms with van der Waals surface area (Å²) in [6, 6.07) is 1.99. The van der Waals surface area contributed by atoms with Crippen LogP contribution in [0.25, 0.3) is 0 Å². The lowest BCUT2D eigenvalue weighted by molar-refractivity contribution is 0.545. The number of rotatable bonds is 6. The fourth-order valence-electron chi connectivity index (χ4n) is 1.67. The van der Waals surface area contributed by atoms with Gasteiger partial charge in [0.15, 0.2) is 0 Å². The minimum absolute atomic E-state index is 0.475. The van der Waals surface area contributed by atoms with E-state index in [0.29, 0.717) is 11.9 Å². The van der Waals surface area contributed by atoms with E-state index in [0.717, 1.165) is 24.6 Å². The van der Waals surface area contributed by atoms with E-state index in [1.54, 1.807) is 0 Å². The van der Waals surface area contributed by atoms with Gasteiger partial charge >= 0.3 is 0 Å². The Balaban J connectivity index is 2.90. The summed E-state index contributed by atoms with van der Waals surface area (Å²) in [5.74, 6) is 7.43. The number of nitrogens with two attached hydrogens (primary N) is 1. The molecule has 1 atom stereocenters. The van der Waals surface area contributed by atoms with Gasteiger partial charge in [-0.05, 0) is 19.8 Å². The lowest BCUT2D eigenvalue weighted by Gasteiger charge is -2.25. The van der Waals surface area contributed by atoms with E-state index in [1.807, 2.05) is 13.0 Å². The van der Waals surface area contributed by atoms with Crippen molar-refractivity contribution in [3.05, 3.63) is 11.8 Å². The van der Waals surface area contributed by atoms with E-state index >= 15 is 0 Å². The molecule has 1 aromatic rings. The molecule has 5 nitrogen and oxygen atoms in total. The van der Waals surface area contributed by atoms with Gasteiger partial charge < -0.3 is 4.90 Å². The average molecular weight is 237 g/mol. The fraction of sp³-hybridized carbons (Fsp3) is 0.667. The molecule has 5 heteroatoms. The smallest absolute Gasteiger partial charge is 0.239 e. The second-order valence-electron chi connectivity index (χ2n) is 4.39. The van der Waals surface area contributed by atoms with Gasteiger partial charge in [-0.2, -0.15) is 4.98 Å². The van der Waals surface area contributed by atoms with Crippen LogP contribution < -0.4 is 16.2 Å². The Labute approximate surface area is 103 Å². The molecule has 3 N–H and O–H groups in total. The van der Waals surface area contributed by atoms with Gasteiger partial charge in [0.1, 0.15) is 5.82 Å². The zero-order valence-electron chi connectivity index (χ0n) is 11.2. The minimum Gasteiger partial charge on any atom is -0.356 e. The molecule has 17 heavy (non-hydrogen) atoms. The molecule has 96 valence electrons. The summed E-state index contributed by atoms with van der Waals surface area (Å²) >= 11 is 0. The van der Waals surface area contributed by atoms with Gasteiger partial charge in [-0.25, -0.2) is 10.8 Å². The molecule has 1 heterocycles. The van der Waals surface area contributed by atoms with E-state index in [-0.39, 0.29) is 0 Å². The van der Waals surface area contributed by atoms with Crippen LogP contribution in [0, 0.1) is 12.8 Å². The number of nitrogens with one attached hydrogen (secondary N) is 1. The second kappa shape index (κ2) is 6.39. The quantitative estimate of drug-likeness (QED) is 0.584. The Morgan fingerprint density at radius 2 is 2.12 bits per heavy atom. The van der Waals surface area contributed by atoms with Crippen LogP contribution in [-0.4, -0.2) is 23.1 Å². The number of nitrogens with zero attached hydrogens (tertiary/aromatic N) is 3. The molecule has 1 aromatic heterocycles. The van der Waals surface area contributed by atoms with Crippen molar-refractivity contribution in [3.63, 3.8) is 0 Å². The summed E-state index contributed by atoms with van der Waals surface area (Å²) in [4.78, 5) is 10.8. The lowest BCUT2D eigenvalue weighted by atomic mass is 10.1. The minimum atomic E-state index is 0.475. The van der Waals surface area contributed by atoms with Crippen LogP contribution in [0.1, 0.15) is 32.9 Å². The fourth-order valence-corrected chi connectivity index (χ4v) is 1.67. The highest BCUT2D eigenvalue weighted by Gasteiger charge is 2.11. The highest BCUT2D eigenvalue weighted by Crippen LogP contribution is 2.16. The third kappa shape index (κ3) is 3.85. The number of nitrogen functional groups attached to an aromatic ring is 1. The summed E-state index contributed by atoms with van der Waals surface area (Å²) in [7, 11) is 0. The van der Waals surface area contributed by atoms with Gasteiger partial charge in [-0.15, -0.1) is 0 Å².